The lowest BCUT2D eigenvalue weighted by Gasteiger charge is -2.33. The molecule has 4 aromatic carbocycles. The molecule has 0 unspecified atom stereocenters. The number of rotatable bonds is 7. The Bertz CT molecular complexity index is 2140. The van der Waals surface area contributed by atoms with Crippen molar-refractivity contribution in [2.24, 2.45) is 0 Å². The lowest BCUT2D eigenvalue weighted by atomic mass is 10.0. The van der Waals surface area contributed by atoms with Crippen LogP contribution in [0.5, 0.6) is 0 Å². The molecule has 2 aliphatic rings. The molecule has 48 heavy (non-hydrogen) atoms. The van der Waals surface area contributed by atoms with Crippen LogP contribution in [0.3, 0.4) is 0 Å². The Morgan fingerprint density at radius 2 is 1.44 bits per heavy atom. The van der Waals surface area contributed by atoms with Gasteiger partial charge in [0.05, 0.1) is 22.9 Å². The molecule has 13 heteroatoms. The predicted octanol–water partition coefficient (Wildman–Crippen LogP) is 5.56. The van der Waals surface area contributed by atoms with Crippen molar-refractivity contribution in [2.45, 2.75) is 6.42 Å². The Hall–Kier alpha value is -4.84. The minimum absolute atomic E-state index is 0.120. The monoisotopic (exact) mass is 700 g/mol. The molecule has 10 nitrogen and oxygen atoms in total. The number of carbonyl (C=O) groups excluding carboxylic acids is 2. The van der Waals surface area contributed by atoms with E-state index in [0.717, 1.165) is 50.3 Å². The van der Waals surface area contributed by atoms with E-state index in [1.54, 1.807) is 41.3 Å². The fourth-order valence-electron chi connectivity index (χ4n) is 5.89. The van der Waals surface area contributed by atoms with Gasteiger partial charge >= 0.3 is 10.2 Å². The lowest BCUT2D eigenvalue weighted by Crippen LogP contribution is -2.48. The van der Waals surface area contributed by atoms with Crippen LogP contribution in [0.4, 0.5) is 11.4 Å². The van der Waals surface area contributed by atoms with Gasteiger partial charge in [-0.05, 0) is 71.3 Å². The zero-order valence-electron chi connectivity index (χ0n) is 25.8. The van der Waals surface area contributed by atoms with E-state index in [2.05, 4.69) is 53.4 Å². The number of amides is 2. The predicted molar refractivity (Wildman–Crippen MR) is 188 cm³/mol. The van der Waals surface area contributed by atoms with Crippen molar-refractivity contribution in [1.29, 1.82) is 0 Å². The van der Waals surface area contributed by atoms with Crippen LogP contribution in [0, 0.1) is 0 Å². The molecule has 0 atom stereocenters. The Kier molecular flexibility index (Phi) is 8.36. The van der Waals surface area contributed by atoms with Crippen LogP contribution in [-0.4, -0.2) is 67.9 Å². The van der Waals surface area contributed by atoms with Gasteiger partial charge in [-0.15, -0.1) is 0 Å². The van der Waals surface area contributed by atoms with Gasteiger partial charge in [0.25, 0.3) is 5.91 Å². The van der Waals surface area contributed by atoms with Crippen molar-refractivity contribution in [2.75, 3.05) is 42.4 Å². The van der Waals surface area contributed by atoms with Gasteiger partial charge in [-0.25, -0.2) is 14.0 Å². The third-order valence-electron chi connectivity index (χ3n) is 8.56. The Labute approximate surface area is 288 Å². The number of piperazine rings is 1. The number of benzene rings is 4. The SMILES string of the molecule is CN1CCN(c2ccc(-c3ccc(Cc4nc(-c5ccc(Cl)cc5Cl)cn4-c4ccc(N5CC(=O)NS5(=O)=O)cc4)cc3)cc2)CC1=O. The number of hydrogen-bond donors (Lipinski definition) is 1. The van der Waals surface area contributed by atoms with E-state index in [1.807, 2.05) is 28.6 Å². The van der Waals surface area contributed by atoms with Gasteiger partial charge in [0.1, 0.15) is 12.4 Å². The average Bonchev–Trinajstić information content (AvgIpc) is 3.61. The summed E-state index contributed by atoms with van der Waals surface area (Å²) in [5.74, 6) is 0.287. The number of carbonyl (C=O) groups is 2. The first-order chi connectivity index (χ1) is 23.0. The van der Waals surface area contributed by atoms with Gasteiger partial charge in [-0.2, -0.15) is 8.42 Å². The zero-order valence-corrected chi connectivity index (χ0v) is 28.1. The number of hydrogen-bond acceptors (Lipinski definition) is 6. The maximum atomic E-state index is 12.4. The highest BCUT2D eigenvalue weighted by Crippen LogP contribution is 2.32. The largest absolute Gasteiger partial charge is 0.360 e. The van der Waals surface area contributed by atoms with Crippen molar-refractivity contribution in [3.05, 3.63) is 119 Å². The average molecular weight is 702 g/mol. The number of halogens is 2. The second kappa shape index (κ2) is 12.6. The number of nitrogens with zero attached hydrogens (tertiary/aromatic N) is 5. The zero-order chi connectivity index (χ0) is 33.6. The first kappa shape index (κ1) is 31.7. The van der Waals surface area contributed by atoms with E-state index in [1.165, 1.54) is 0 Å². The van der Waals surface area contributed by atoms with Crippen LogP contribution < -0.4 is 13.9 Å². The normalized spacial score (nSPS) is 16.0. The fraction of sp³-hybridized carbons (Fsp3) is 0.171. The standard InChI is InChI=1S/C35H30Cl2N6O4S/c1-40-16-17-41(22-35(40)45)27-9-6-25(7-10-27)24-4-2-23(3-5-24)18-33-38-32(30-15-8-26(36)19-31(30)37)20-42(33)28-11-13-29(14-12-28)43-21-34(44)39-48(43,46)47/h2-15,19-20H,16-18,21-22H2,1H3,(H,39,44). The van der Waals surface area contributed by atoms with Crippen LogP contribution in [0.1, 0.15) is 11.4 Å². The van der Waals surface area contributed by atoms with E-state index in [-0.39, 0.29) is 12.5 Å². The van der Waals surface area contributed by atoms with Crippen LogP contribution in [0.25, 0.3) is 28.1 Å². The van der Waals surface area contributed by atoms with Gasteiger partial charge in [0, 0.05) is 54.7 Å². The van der Waals surface area contributed by atoms with Crippen LogP contribution in [0.15, 0.2) is 97.2 Å². The third-order valence-corrected chi connectivity index (χ3v) is 10.5. The molecule has 0 bridgehead atoms. The molecule has 0 spiro atoms. The number of nitrogens with one attached hydrogen (secondary N) is 1. The molecule has 0 aliphatic carbocycles. The van der Waals surface area contributed by atoms with Crippen LogP contribution in [0.2, 0.25) is 10.0 Å². The van der Waals surface area contributed by atoms with Crippen molar-refractivity contribution in [3.63, 3.8) is 0 Å². The molecular weight excluding hydrogens is 671 g/mol. The maximum Gasteiger partial charge on any atom is 0.326 e. The molecule has 244 valence electrons. The third kappa shape index (κ3) is 6.36. The van der Waals surface area contributed by atoms with Gasteiger partial charge in [0.2, 0.25) is 5.91 Å². The summed E-state index contributed by atoms with van der Waals surface area (Å²) in [6.45, 7) is 1.63. The Morgan fingerprint density at radius 1 is 0.792 bits per heavy atom. The van der Waals surface area contributed by atoms with E-state index in [0.29, 0.717) is 40.9 Å². The molecule has 0 radical (unpaired) electrons. The van der Waals surface area contributed by atoms with Crippen LogP contribution >= 0.6 is 23.2 Å². The highest BCUT2D eigenvalue weighted by molar-refractivity contribution is 7.92. The van der Waals surface area contributed by atoms with E-state index in [9.17, 15) is 18.0 Å². The minimum atomic E-state index is -3.92. The quantitative estimate of drug-likeness (QED) is 0.238. The van der Waals surface area contributed by atoms with Crippen molar-refractivity contribution < 1.29 is 18.0 Å². The second-order valence-electron chi connectivity index (χ2n) is 11.7. The number of imidazole rings is 1. The molecule has 1 N–H and O–H groups in total. The summed E-state index contributed by atoms with van der Waals surface area (Å²) in [5, 5.41) is 0.994. The summed E-state index contributed by atoms with van der Waals surface area (Å²) in [6.07, 6.45) is 2.39. The molecule has 7 rings (SSSR count). The molecule has 1 aromatic heterocycles. The fourth-order valence-corrected chi connectivity index (χ4v) is 7.55. The highest BCUT2D eigenvalue weighted by Gasteiger charge is 2.34. The number of likely N-dealkylation sites (N-methyl/N-ethyl adjacent to an activating group) is 1. The summed E-state index contributed by atoms with van der Waals surface area (Å²) < 4.78 is 29.7. The van der Waals surface area contributed by atoms with E-state index >= 15 is 0 Å². The summed E-state index contributed by atoms with van der Waals surface area (Å²) in [7, 11) is -2.08. The molecule has 0 saturated carbocycles. The number of anilines is 2. The summed E-state index contributed by atoms with van der Waals surface area (Å²) >= 11 is 12.7. The minimum Gasteiger partial charge on any atom is -0.360 e. The van der Waals surface area contributed by atoms with Gasteiger partial charge in [-0.1, -0.05) is 59.6 Å². The highest BCUT2D eigenvalue weighted by atomic mass is 35.5. The molecule has 2 saturated heterocycles. The van der Waals surface area contributed by atoms with E-state index in [4.69, 9.17) is 28.2 Å². The van der Waals surface area contributed by atoms with Crippen molar-refractivity contribution in [1.82, 2.24) is 19.2 Å². The topological polar surface area (TPSA) is 108 Å². The Balaban J connectivity index is 1.15. The van der Waals surface area contributed by atoms with Gasteiger partial charge < -0.3 is 14.4 Å². The maximum absolute atomic E-state index is 12.4. The van der Waals surface area contributed by atoms with Crippen molar-refractivity contribution >= 4 is 56.6 Å². The molecule has 3 heterocycles. The van der Waals surface area contributed by atoms with Gasteiger partial charge in [-0.3, -0.25) is 9.59 Å². The molecule has 5 aromatic rings. The Morgan fingerprint density at radius 3 is 2.06 bits per heavy atom. The molecule has 2 fully saturated rings. The second-order valence-corrected chi connectivity index (χ2v) is 14.2. The lowest BCUT2D eigenvalue weighted by molar-refractivity contribution is -0.129. The van der Waals surface area contributed by atoms with Crippen LogP contribution in [-0.2, 0) is 26.2 Å². The van der Waals surface area contributed by atoms with Gasteiger partial charge in [0.15, 0.2) is 0 Å². The summed E-state index contributed by atoms with van der Waals surface area (Å²) in [4.78, 5) is 32.7. The summed E-state index contributed by atoms with van der Waals surface area (Å²) in [5.41, 5.74) is 6.72. The number of aromatic nitrogens is 2. The smallest absolute Gasteiger partial charge is 0.326 e. The molecule has 2 amide bonds. The first-order valence-corrected chi connectivity index (χ1v) is 17.4. The first-order valence-electron chi connectivity index (χ1n) is 15.2. The summed E-state index contributed by atoms with van der Waals surface area (Å²) in [6, 6.07) is 28.7. The molecular formula is C35H30Cl2N6O4S. The van der Waals surface area contributed by atoms with Crippen molar-refractivity contribution in [3.8, 4) is 28.1 Å². The van der Waals surface area contributed by atoms with E-state index < -0.39 is 16.1 Å². The molecule has 2 aliphatic heterocycles.